The standard InChI is InChI=1S/C14H19FN2O/c1-2-17(13-7-5-12(15)6-8-13)14(18)11-4-3-9-16-10-11/h5-8,11,16H,2-4,9-10H2,1H3/t11-/m0/s1. The van der Waals surface area contributed by atoms with E-state index in [9.17, 15) is 9.18 Å². The summed E-state index contributed by atoms with van der Waals surface area (Å²) >= 11 is 0. The van der Waals surface area contributed by atoms with E-state index in [0.717, 1.165) is 31.6 Å². The minimum absolute atomic E-state index is 0.0451. The highest BCUT2D eigenvalue weighted by molar-refractivity contribution is 5.95. The van der Waals surface area contributed by atoms with Gasteiger partial charge in [0.15, 0.2) is 0 Å². The Morgan fingerprint density at radius 2 is 2.17 bits per heavy atom. The van der Waals surface area contributed by atoms with E-state index >= 15 is 0 Å². The molecule has 18 heavy (non-hydrogen) atoms. The van der Waals surface area contributed by atoms with Gasteiger partial charge in [-0.1, -0.05) is 0 Å². The maximum absolute atomic E-state index is 12.9. The lowest BCUT2D eigenvalue weighted by atomic mass is 9.98. The second-order valence-corrected chi connectivity index (χ2v) is 4.60. The fourth-order valence-corrected chi connectivity index (χ4v) is 2.37. The molecule has 2 rings (SSSR count). The van der Waals surface area contributed by atoms with Crippen LogP contribution in [0.1, 0.15) is 19.8 Å². The maximum Gasteiger partial charge on any atom is 0.231 e. The average molecular weight is 250 g/mol. The lowest BCUT2D eigenvalue weighted by Gasteiger charge is -2.29. The molecule has 0 aliphatic carbocycles. The predicted molar refractivity (Wildman–Crippen MR) is 70.0 cm³/mol. The van der Waals surface area contributed by atoms with Gasteiger partial charge in [-0.2, -0.15) is 0 Å². The molecule has 1 amide bonds. The van der Waals surface area contributed by atoms with E-state index in [-0.39, 0.29) is 17.6 Å². The Morgan fingerprint density at radius 3 is 2.72 bits per heavy atom. The summed E-state index contributed by atoms with van der Waals surface area (Å²) in [6, 6.07) is 6.11. The maximum atomic E-state index is 12.9. The number of piperidine rings is 1. The summed E-state index contributed by atoms with van der Waals surface area (Å²) in [7, 11) is 0. The molecule has 0 unspecified atom stereocenters. The van der Waals surface area contributed by atoms with Crippen LogP contribution in [0, 0.1) is 11.7 Å². The van der Waals surface area contributed by atoms with Gasteiger partial charge in [0.05, 0.1) is 5.92 Å². The van der Waals surface area contributed by atoms with E-state index in [1.165, 1.54) is 12.1 Å². The van der Waals surface area contributed by atoms with Crippen molar-refractivity contribution >= 4 is 11.6 Å². The monoisotopic (exact) mass is 250 g/mol. The minimum Gasteiger partial charge on any atom is -0.316 e. The van der Waals surface area contributed by atoms with Gasteiger partial charge in [0.1, 0.15) is 5.82 Å². The molecule has 98 valence electrons. The summed E-state index contributed by atoms with van der Waals surface area (Å²) in [5.41, 5.74) is 0.773. The van der Waals surface area contributed by atoms with E-state index < -0.39 is 0 Å². The van der Waals surface area contributed by atoms with Crippen molar-refractivity contribution in [2.75, 3.05) is 24.5 Å². The highest BCUT2D eigenvalue weighted by Gasteiger charge is 2.25. The molecule has 1 fully saturated rings. The van der Waals surface area contributed by atoms with Crippen molar-refractivity contribution in [1.82, 2.24) is 5.32 Å². The van der Waals surface area contributed by atoms with Gasteiger partial charge in [-0.15, -0.1) is 0 Å². The Balaban J connectivity index is 2.12. The summed E-state index contributed by atoms with van der Waals surface area (Å²) in [4.78, 5) is 14.1. The normalized spacial score (nSPS) is 19.6. The van der Waals surface area contributed by atoms with Gasteiger partial charge in [-0.05, 0) is 50.6 Å². The number of nitrogens with one attached hydrogen (secondary N) is 1. The Labute approximate surface area is 107 Å². The Hall–Kier alpha value is -1.42. The zero-order chi connectivity index (χ0) is 13.0. The van der Waals surface area contributed by atoms with Crippen molar-refractivity contribution in [2.24, 2.45) is 5.92 Å². The van der Waals surface area contributed by atoms with E-state index in [2.05, 4.69) is 5.32 Å². The Morgan fingerprint density at radius 1 is 1.44 bits per heavy atom. The molecule has 0 radical (unpaired) electrons. The predicted octanol–water partition coefficient (Wildman–Crippen LogP) is 2.18. The van der Waals surface area contributed by atoms with E-state index in [1.54, 1.807) is 17.0 Å². The molecule has 0 bridgehead atoms. The van der Waals surface area contributed by atoms with Crippen LogP contribution in [0.2, 0.25) is 0 Å². The van der Waals surface area contributed by atoms with Crippen molar-refractivity contribution in [3.63, 3.8) is 0 Å². The molecule has 0 aromatic heterocycles. The summed E-state index contributed by atoms with van der Waals surface area (Å²) in [6.45, 7) is 4.29. The van der Waals surface area contributed by atoms with Crippen LogP contribution < -0.4 is 10.2 Å². The highest BCUT2D eigenvalue weighted by atomic mass is 19.1. The van der Waals surface area contributed by atoms with Crippen LogP contribution in [0.4, 0.5) is 10.1 Å². The lowest BCUT2D eigenvalue weighted by molar-refractivity contribution is -0.122. The quantitative estimate of drug-likeness (QED) is 0.891. The molecule has 1 aromatic carbocycles. The number of anilines is 1. The van der Waals surface area contributed by atoms with Crippen LogP contribution in [0.15, 0.2) is 24.3 Å². The molecule has 1 heterocycles. The number of halogens is 1. The summed E-state index contributed by atoms with van der Waals surface area (Å²) < 4.78 is 12.9. The van der Waals surface area contributed by atoms with E-state index in [0.29, 0.717) is 6.54 Å². The van der Waals surface area contributed by atoms with E-state index in [1.807, 2.05) is 6.92 Å². The molecule has 0 spiro atoms. The number of hydrogen-bond acceptors (Lipinski definition) is 2. The third-order valence-corrected chi connectivity index (χ3v) is 3.37. The summed E-state index contributed by atoms with van der Waals surface area (Å²) in [5, 5.41) is 3.25. The molecule has 1 aromatic rings. The molecule has 1 aliphatic rings. The van der Waals surface area contributed by atoms with Crippen molar-refractivity contribution in [3.8, 4) is 0 Å². The van der Waals surface area contributed by atoms with Gasteiger partial charge in [-0.25, -0.2) is 4.39 Å². The van der Waals surface area contributed by atoms with E-state index in [4.69, 9.17) is 0 Å². The third kappa shape index (κ3) is 2.88. The molecule has 3 nitrogen and oxygen atoms in total. The third-order valence-electron chi connectivity index (χ3n) is 3.37. The number of carbonyl (C=O) groups is 1. The molecule has 1 N–H and O–H groups in total. The van der Waals surface area contributed by atoms with Gasteiger partial charge in [-0.3, -0.25) is 4.79 Å². The molecule has 0 saturated carbocycles. The first-order valence-corrected chi connectivity index (χ1v) is 6.50. The van der Waals surface area contributed by atoms with Crippen molar-refractivity contribution in [2.45, 2.75) is 19.8 Å². The van der Waals surface area contributed by atoms with Gasteiger partial charge in [0.25, 0.3) is 0 Å². The molecular weight excluding hydrogens is 231 g/mol. The average Bonchev–Trinajstić information content (AvgIpc) is 2.42. The van der Waals surface area contributed by atoms with Gasteiger partial charge >= 0.3 is 0 Å². The molecule has 1 saturated heterocycles. The van der Waals surface area contributed by atoms with Crippen LogP contribution >= 0.6 is 0 Å². The van der Waals surface area contributed by atoms with Crippen molar-refractivity contribution in [1.29, 1.82) is 0 Å². The van der Waals surface area contributed by atoms with Crippen LogP contribution in [-0.2, 0) is 4.79 Å². The largest absolute Gasteiger partial charge is 0.316 e. The van der Waals surface area contributed by atoms with Crippen LogP contribution in [0.5, 0.6) is 0 Å². The topological polar surface area (TPSA) is 32.3 Å². The fraction of sp³-hybridized carbons (Fsp3) is 0.500. The smallest absolute Gasteiger partial charge is 0.231 e. The summed E-state index contributed by atoms with van der Waals surface area (Å²) in [5.74, 6) is -0.0957. The van der Waals surface area contributed by atoms with Crippen LogP contribution in [0.25, 0.3) is 0 Å². The van der Waals surface area contributed by atoms with Crippen molar-refractivity contribution in [3.05, 3.63) is 30.1 Å². The number of rotatable bonds is 3. The SMILES string of the molecule is CCN(C(=O)[C@H]1CCCNC1)c1ccc(F)cc1. The van der Waals surface area contributed by atoms with Gasteiger partial charge in [0, 0.05) is 18.8 Å². The second kappa shape index (κ2) is 5.96. The number of benzene rings is 1. The first-order chi connectivity index (χ1) is 8.72. The number of carbonyl (C=O) groups excluding carboxylic acids is 1. The number of amides is 1. The Bertz CT molecular complexity index is 399. The lowest BCUT2D eigenvalue weighted by Crippen LogP contribution is -2.43. The molecule has 1 atom stereocenters. The van der Waals surface area contributed by atoms with Gasteiger partial charge in [0.2, 0.25) is 5.91 Å². The minimum atomic E-state index is -0.276. The Kier molecular flexibility index (Phi) is 4.31. The molecule has 1 aliphatic heterocycles. The molecule has 4 heteroatoms. The zero-order valence-electron chi connectivity index (χ0n) is 10.7. The number of hydrogen-bond donors (Lipinski definition) is 1. The van der Waals surface area contributed by atoms with Crippen LogP contribution in [0.3, 0.4) is 0 Å². The van der Waals surface area contributed by atoms with Crippen LogP contribution in [-0.4, -0.2) is 25.5 Å². The number of nitrogens with zero attached hydrogens (tertiary/aromatic N) is 1. The second-order valence-electron chi connectivity index (χ2n) is 4.60. The van der Waals surface area contributed by atoms with Gasteiger partial charge < -0.3 is 10.2 Å². The zero-order valence-corrected chi connectivity index (χ0v) is 10.7. The first-order valence-electron chi connectivity index (χ1n) is 6.50. The first kappa shape index (κ1) is 13.0. The fourth-order valence-electron chi connectivity index (χ4n) is 2.37. The summed E-state index contributed by atoms with van der Waals surface area (Å²) in [6.07, 6.45) is 1.97. The van der Waals surface area contributed by atoms with Crippen molar-refractivity contribution < 1.29 is 9.18 Å². The molecular formula is C14H19FN2O. The highest BCUT2D eigenvalue weighted by Crippen LogP contribution is 2.20.